The highest BCUT2D eigenvalue weighted by Crippen LogP contribution is 2.26. The molecule has 0 aliphatic carbocycles. The Hall–Kier alpha value is -3.23. The van der Waals surface area contributed by atoms with Crippen LogP contribution in [0.15, 0.2) is 36.5 Å². The summed E-state index contributed by atoms with van der Waals surface area (Å²) in [6.07, 6.45) is 1.78. The third kappa shape index (κ3) is 3.35. The van der Waals surface area contributed by atoms with E-state index in [-0.39, 0.29) is 12.2 Å². The van der Waals surface area contributed by atoms with Crippen molar-refractivity contribution in [1.82, 2.24) is 25.2 Å². The molecule has 9 nitrogen and oxygen atoms in total. The average Bonchev–Trinajstić information content (AvgIpc) is 3.17. The second kappa shape index (κ2) is 6.71. The molecule has 1 aliphatic rings. The summed E-state index contributed by atoms with van der Waals surface area (Å²) in [5.41, 5.74) is 0.621. The van der Waals surface area contributed by atoms with Crippen LogP contribution in [0.3, 0.4) is 0 Å². The van der Waals surface area contributed by atoms with Crippen molar-refractivity contribution in [3.05, 3.63) is 47.8 Å². The minimum atomic E-state index is -1.11. The van der Waals surface area contributed by atoms with Gasteiger partial charge in [0, 0.05) is 13.6 Å². The summed E-state index contributed by atoms with van der Waals surface area (Å²) < 4.78 is 1.38. The molecular formula is C16H17N5O4. The zero-order valence-corrected chi connectivity index (χ0v) is 13.5. The summed E-state index contributed by atoms with van der Waals surface area (Å²) >= 11 is 0. The molecule has 1 saturated heterocycles. The van der Waals surface area contributed by atoms with E-state index in [0.717, 1.165) is 0 Å². The molecule has 3 rings (SSSR count). The van der Waals surface area contributed by atoms with Gasteiger partial charge in [0.2, 0.25) is 5.91 Å². The van der Waals surface area contributed by atoms with Gasteiger partial charge >= 0.3 is 5.97 Å². The molecule has 1 fully saturated rings. The summed E-state index contributed by atoms with van der Waals surface area (Å²) in [5, 5.41) is 19.5. The largest absolute Gasteiger partial charge is 0.479 e. The third-order valence-electron chi connectivity index (χ3n) is 4.04. The van der Waals surface area contributed by atoms with Crippen molar-refractivity contribution in [2.24, 2.45) is 7.05 Å². The first-order chi connectivity index (χ1) is 12.0. The van der Waals surface area contributed by atoms with E-state index in [1.807, 2.05) is 0 Å². The number of benzene rings is 1. The number of aryl methyl sites for hydroxylation is 1. The van der Waals surface area contributed by atoms with Crippen molar-refractivity contribution in [1.29, 1.82) is 0 Å². The first kappa shape index (κ1) is 16.6. The Bertz CT molecular complexity index is 804. The Morgan fingerprint density at radius 2 is 2.04 bits per heavy atom. The molecule has 2 aromatic rings. The van der Waals surface area contributed by atoms with Gasteiger partial charge in [-0.15, -0.1) is 5.10 Å². The highest BCUT2D eigenvalue weighted by atomic mass is 16.4. The SMILES string of the molecule is Cn1cc(C(=O)NC2CCN(C(C(=O)O)c3ccccc3)C2=O)nn1. The van der Waals surface area contributed by atoms with Gasteiger partial charge < -0.3 is 15.3 Å². The Balaban J connectivity index is 1.74. The molecule has 2 atom stereocenters. The van der Waals surface area contributed by atoms with Crippen molar-refractivity contribution >= 4 is 17.8 Å². The van der Waals surface area contributed by atoms with Crippen LogP contribution in [0, 0.1) is 0 Å². The number of nitrogens with one attached hydrogen (secondary N) is 1. The van der Waals surface area contributed by atoms with E-state index in [4.69, 9.17) is 0 Å². The van der Waals surface area contributed by atoms with Gasteiger partial charge in [0.25, 0.3) is 5.91 Å². The van der Waals surface area contributed by atoms with Gasteiger partial charge in [-0.1, -0.05) is 35.5 Å². The minimum absolute atomic E-state index is 0.103. The lowest BCUT2D eigenvalue weighted by Crippen LogP contribution is -2.44. The summed E-state index contributed by atoms with van der Waals surface area (Å²) in [4.78, 5) is 37.7. The highest BCUT2D eigenvalue weighted by molar-refractivity contribution is 5.97. The second-order valence-electron chi connectivity index (χ2n) is 5.78. The zero-order chi connectivity index (χ0) is 18.0. The summed E-state index contributed by atoms with van der Waals surface area (Å²) in [6, 6.07) is 6.69. The molecule has 9 heteroatoms. The topological polar surface area (TPSA) is 117 Å². The van der Waals surface area contributed by atoms with E-state index in [2.05, 4.69) is 15.6 Å². The molecule has 1 aromatic heterocycles. The molecule has 0 bridgehead atoms. The molecule has 25 heavy (non-hydrogen) atoms. The van der Waals surface area contributed by atoms with Crippen LogP contribution in [0.5, 0.6) is 0 Å². The van der Waals surface area contributed by atoms with Crippen LogP contribution in [0.2, 0.25) is 0 Å². The fourth-order valence-electron chi connectivity index (χ4n) is 2.87. The van der Waals surface area contributed by atoms with Crippen LogP contribution < -0.4 is 5.32 Å². The Morgan fingerprint density at radius 1 is 1.32 bits per heavy atom. The second-order valence-corrected chi connectivity index (χ2v) is 5.78. The normalized spacial score (nSPS) is 18.2. The van der Waals surface area contributed by atoms with Gasteiger partial charge in [-0.2, -0.15) is 0 Å². The number of rotatable bonds is 5. The van der Waals surface area contributed by atoms with Gasteiger partial charge in [0.1, 0.15) is 6.04 Å². The molecule has 2 amide bonds. The molecule has 2 unspecified atom stereocenters. The van der Waals surface area contributed by atoms with Gasteiger partial charge in [0.15, 0.2) is 11.7 Å². The average molecular weight is 343 g/mol. The lowest BCUT2D eigenvalue weighted by molar-refractivity contribution is -0.149. The van der Waals surface area contributed by atoms with Gasteiger partial charge in [-0.25, -0.2) is 4.79 Å². The first-order valence-electron chi connectivity index (χ1n) is 7.73. The summed E-state index contributed by atoms with van der Waals surface area (Å²) in [7, 11) is 1.63. The van der Waals surface area contributed by atoms with Crippen molar-refractivity contribution in [2.45, 2.75) is 18.5 Å². The number of amides is 2. The number of nitrogens with zero attached hydrogens (tertiary/aromatic N) is 4. The molecule has 1 aliphatic heterocycles. The summed E-state index contributed by atoms with van der Waals surface area (Å²) in [5.74, 6) is -2.05. The molecular weight excluding hydrogens is 326 g/mol. The van der Waals surface area contributed by atoms with E-state index in [1.54, 1.807) is 37.4 Å². The zero-order valence-electron chi connectivity index (χ0n) is 13.5. The maximum absolute atomic E-state index is 12.6. The Labute approximate surface area is 143 Å². The molecule has 0 radical (unpaired) electrons. The van der Waals surface area contributed by atoms with E-state index in [9.17, 15) is 19.5 Å². The van der Waals surface area contributed by atoms with Crippen LogP contribution in [-0.4, -0.2) is 55.4 Å². The number of carbonyl (C=O) groups is 3. The number of aliphatic carboxylic acids is 1. The van der Waals surface area contributed by atoms with Crippen LogP contribution in [-0.2, 0) is 16.6 Å². The smallest absolute Gasteiger partial charge is 0.331 e. The van der Waals surface area contributed by atoms with Crippen LogP contribution in [0.1, 0.15) is 28.5 Å². The van der Waals surface area contributed by atoms with Crippen LogP contribution >= 0.6 is 0 Å². The summed E-state index contributed by atoms with van der Waals surface area (Å²) in [6.45, 7) is 0.246. The highest BCUT2D eigenvalue weighted by Gasteiger charge is 2.40. The number of likely N-dealkylation sites (tertiary alicyclic amines) is 1. The van der Waals surface area contributed by atoms with E-state index < -0.39 is 29.9 Å². The predicted octanol–water partition coefficient (Wildman–Crippen LogP) is -0.0283. The Kier molecular flexibility index (Phi) is 4.46. The van der Waals surface area contributed by atoms with Crippen molar-refractivity contribution < 1.29 is 19.5 Å². The van der Waals surface area contributed by atoms with E-state index >= 15 is 0 Å². The first-order valence-corrected chi connectivity index (χ1v) is 7.73. The van der Waals surface area contributed by atoms with E-state index in [0.29, 0.717) is 12.0 Å². The van der Waals surface area contributed by atoms with Crippen LogP contribution in [0.25, 0.3) is 0 Å². The van der Waals surface area contributed by atoms with Crippen molar-refractivity contribution in [3.8, 4) is 0 Å². The Morgan fingerprint density at radius 3 is 2.64 bits per heavy atom. The molecule has 2 N–H and O–H groups in total. The fraction of sp³-hybridized carbons (Fsp3) is 0.312. The number of hydrogen-bond donors (Lipinski definition) is 2. The fourth-order valence-corrected chi connectivity index (χ4v) is 2.87. The van der Waals surface area contributed by atoms with E-state index in [1.165, 1.54) is 15.8 Å². The molecule has 1 aromatic carbocycles. The van der Waals surface area contributed by atoms with Gasteiger partial charge in [0.05, 0.1) is 6.20 Å². The third-order valence-corrected chi connectivity index (χ3v) is 4.04. The number of carboxylic acids is 1. The van der Waals surface area contributed by atoms with Gasteiger partial charge in [-0.05, 0) is 12.0 Å². The number of carboxylic acid groups (broad SMARTS) is 1. The predicted molar refractivity (Wildman–Crippen MR) is 85.4 cm³/mol. The standard InChI is InChI=1S/C16H17N5O4/c1-20-9-12(18-19-20)14(22)17-11-7-8-21(15(11)23)13(16(24)25)10-5-3-2-4-6-10/h2-6,9,11,13H,7-8H2,1H3,(H,17,22)(H,24,25). The number of carbonyl (C=O) groups excluding carboxylic acids is 2. The molecule has 2 heterocycles. The monoisotopic (exact) mass is 343 g/mol. The maximum Gasteiger partial charge on any atom is 0.331 e. The lowest BCUT2D eigenvalue weighted by atomic mass is 10.1. The van der Waals surface area contributed by atoms with Crippen molar-refractivity contribution in [3.63, 3.8) is 0 Å². The molecule has 130 valence electrons. The molecule has 0 saturated carbocycles. The lowest BCUT2D eigenvalue weighted by Gasteiger charge is -2.25. The molecule has 0 spiro atoms. The number of hydrogen-bond acceptors (Lipinski definition) is 5. The van der Waals surface area contributed by atoms with Gasteiger partial charge in [-0.3, -0.25) is 14.3 Å². The number of aromatic nitrogens is 3. The van der Waals surface area contributed by atoms with Crippen molar-refractivity contribution in [2.75, 3.05) is 6.54 Å². The minimum Gasteiger partial charge on any atom is -0.479 e. The van der Waals surface area contributed by atoms with Crippen LogP contribution in [0.4, 0.5) is 0 Å². The maximum atomic E-state index is 12.6. The quantitative estimate of drug-likeness (QED) is 0.787.